The fourth-order valence-corrected chi connectivity index (χ4v) is 2.06. The summed E-state index contributed by atoms with van der Waals surface area (Å²) >= 11 is 0. The third kappa shape index (κ3) is 4.09. The highest BCUT2D eigenvalue weighted by Gasteiger charge is 2.34. The van der Waals surface area contributed by atoms with Crippen LogP contribution in [-0.4, -0.2) is 20.7 Å². The molecule has 0 aliphatic heterocycles. The van der Waals surface area contributed by atoms with E-state index in [9.17, 15) is 4.79 Å². The van der Waals surface area contributed by atoms with Crippen LogP contribution in [0, 0.1) is 11.3 Å². The summed E-state index contributed by atoms with van der Waals surface area (Å²) in [6.07, 6.45) is 0.801. The normalized spacial score (nSPS) is 13.2. The smallest absolute Gasteiger partial charge is 0.320 e. The Bertz CT molecular complexity index is 215. The van der Waals surface area contributed by atoms with E-state index in [1.165, 1.54) is 0 Å². The van der Waals surface area contributed by atoms with Crippen molar-refractivity contribution in [2.75, 3.05) is 6.61 Å². The van der Waals surface area contributed by atoms with Gasteiger partial charge in [0.05, 0.1) is 20.7 Å². The second-order valence-electron chi connectivity index (χ2n) is 4.10. The Balaban J connectivity index is 4.27. The van der Waals surface area contributed by atoms with E-state index < -0.39 is 13.6 Å². The molecule has 1 atom stereocenters. The lowest BCUT2D eigenvalue weighted by molar-refractivity contribution is -0.142. The number of nitrogens with zero attached hydrogens (tertiary/aromatic N) is 1. The highest BCUT2D eigenvalue weighted by Crippen LogP contribution is 2.22. The van der Waals surface area contributed by atoms with Crippen LogP contribution < -0.4 is 0 Å². The summed E-state index contributed by atoms with van der Waals surface area (Å²) in [4.78, 5) is 11.4. The zero-order valence-corrected chi connectivity index (χ0v) is 9.76. The van der Waals surface area contributed by atoms with Gasteiger partial charge in [0.1, 0.15) is 5.54 Å². The summed E-state index contributed by atoms with van der Waals surface area (Å²) in [5.74, 6) is -0.344. The summed E-state index contributed by atoms with van der Waals surface area (Å²) in [5.41, 5.74) is -0.529. The molecule has 3 nitrogen and oxygen atoms in total. The fraction of sp³-hybridized carbons (Fsp3) is 0.778. The van der Waals surface area contributed by atoms with Gasteiger partial charge in [-0.05, 0) is 6.42 Å². The van der Waals surface area contributed by atoms with Gasteiger partial charge < -0.3 is 4.74 Å². The van der Waals surface area contributed by atoms with Crippen molar-refractivity contribution >= 4 is 14.0 Å². The summed E-state index contributed by atoms with van der Waals surface area (Å²) in [6.45, 7) is 8.33. The topological polar surface area (TPSA) is 50.1 Å². The summed E-state index contributed by atoms with van der Waals surface area (Å²) in [6, 6.07) is 2.04. The Morgan fingerprint density at radius 1 is 1.54 bits per heavy atom. The van der Waals surface area contributed by atoms with Gasteiger partial charge in [-0.25, -0.2) is 0 Å². The Morgan fingerprint density at radius 3 is 2.38 bits per heavy atom. The third-order valence-electron chi connectivity index (χ3n) is 1.68. The molecule has 0 aliphatic rings. The van der Waals surface area contributed by atoms with E-state index in [2.05, 4.69) is 0 Å². The number of hydrogen-bond donors (Lipinski definition) is 0. The second kappa shape index (κ2) is 5.03. The monoisotopic (exact) mass is 199 g/mol. The number of rotatable bonds is 4. The molecule has 0 N–H and O–H groups in total. The van der Waals surface area contributed by atoms with E-state index in [0.29, 0.717) is 6.61 Å². The summed E-state index contributed by atoms with van der Waals surface area (Å²) < 4.78 is 4.94. The predicted molar refractivity (Wildman–Crippen MR) is 54.0 cm³/mol. The molecular weight excluding hydrogens is 182 g/mol. The average Bonchev–Trinajstić information content (AvgIpc) is 1.99. The lowest BCUT2D eigenvalue weighted by atomic mass is 10.4. The molecule has 0 aliphatic carbocycles. The maximum atomic E-state index is 11.4. The van der Waals surface area contributed by atoms with Gasteiger partial charge in [0, 0.05) is 0 Å². The van der Waals surface area contributed by atoms with Crippen LogP contribution in [0.5, 0.6) is 0 Å². The van der Waals surface area contributed by atoms with E-state index in [-0.39, 0.29) is 5.97 Å². The van der Waals surface area contributed by atoms with Crippen molar-refractivity contribution < 1.29 is 9.53 Å². The van der Waals surface area contributed by atoms with Gasteiger partial charge in [0.25, 0.3) is 0 Å². The first-order valence-corrected chi connectivity index (χ1v) is 8.07. The molecule has 0 amide bonds. The standard InChI is InChI=1S/C9H17NO2Si/c1-5-6-12-9(11)8(7-10)13(2,3)4/h8H,5-6H2,1-4H3. The zero-order valence-electron chi connectivity index (χ0n) is 8.76. The highest BCUT2D eigenvalue weighted by molar-refractivity contribution is 6.81. The van der Waals surface area contributed by atoms with Crippen molar-refractivity contribution in [2.45, 2.75) is 38.5 Å². The van der Waals surface area contributed by atoms with Crippen LogP contribution in [0.3, 0.4) is 0 Å². The van der Waals surface area contributed by atoms with Crippen LogP contribution in [0.2, 0.25) is 25.2 Å². The first-order chi connectivity index (χ1) is 5.93. The molecule has 13 heavy (non-hydrogen) atoms. The highest BCUT2D eigenvalue weighted by atomic mass is 28.3. The minimum absolute atomic E-state index is 0.344. The summed E-state index contributed by atoms with van der Waals surface area (Å²) in [5, 5.41) is 8.82. The molecule has 1 unspecified atom stereocenters. The molecule has 0 heterocycles. The molecule has 0 fully saturated rings. The molecular formula is C9H17NO2Si. The van der Waals surface area contributed by atoms with Crippen LogP contribution in [0.4, 0.5) is 0 Å². The van der Waals surface area contributed by atoms with Crippen molar-refractivity contribution in [3.63, 3.8) is 0 Å². The molecule has 0 spiro atoms. The third-order valence-corrected chi connectivity index (χ3v) is 3.78. The minimum Gasteiger partial charge on any atom is -0.465 e. The van der Waals surface area contributed by atoms with E-state index >= 15 is 0 Å². The van der Waals surface area contributed by atoms with Gasteiger partial charge in [-0.1, -0.05) is 26.6 Å². The van der Waals surface area contributed by atoms with E-state index in [4.69, 9.17) is 10.00 Å². The molecule has 74 valence electrons. The Hall–Kier alpha value is -0.823. The van der Waals surface area contributed by atoms with E-state index in [1.807, 2.05) is 32.6 Å². The zero-order chi connectivity index (χ0) is 10.5. The maximum absolute atomic E-state index is 11.4. The minimum atomic E-state index is -1.74. The van der Waals surface area contributed by atoms with Crippen molar-refractivity contribution in [1.82, 2.24) is 0 Å². The molecule has 0 saturated heterocycles. The van der Waals surface area contributed by atoms with E-state index in [0.717, 1.165) is 6.42 Å². The lowest BCUT2D eigenvalue weighted by Gasteiger charge is -2.20. The lowest BCUT2D eigenvalue weighted by Crippen LogP contribution is -2.34. The Morgan fingerprint density at radius 2 is 2.08 bits per heavy atom. The van der Waals surface area contributed by atoms with Crippen molar-refractivity contribution in [1.29, 1.82) is 5.26 Å². The Labute approximate surface area is 80.7 Å². The maximum Gasteiger partial charge on any atom is 0.320 e. The van der Waals surface area contributed by atoms with Crippen LogP contribution >= 0.6 is 0 Å². The number of ether oxygens (including phenoxy) is 1. The van der Waals surface area contributed by atoms with E-state index in [1.54, 1.807) is 0 Å². The van der Waals surface area contributed by atoms with Crippen LogP contribution in [0.1, 0.15) is 13.3 Å². The number of hydrogen-bond acceptors (Lipinski definition) is 3. The predicted octanol–water partition coefficient (Wildman–Crippen LogP) is 2.17. The first-order valence-electron chi connectivity index (χ1n) is 4.49. The Kier molecular flexibility index (Phi) is 4.71. The SMILES string of the molecule is CCCOC(=O)C(C#N)[Si](C)(C)C. The molecule has 0 bridgehead atoms. The van der Waals surface area contributed by atoms with Gasteiger partial charge in [0.15, 0.2) is 0 Å². The van der Waals surface area contributed by atoms with Crippen molar-refractivity contribution in [3.8, 4) is 6.07 Å². The molecule has 0 radical (unpaired) electrons. The van der Waals surface area contributed by atoms with Gasteiger partial charge in [-0.15, -0.1) is 0 Å². The van der Waals surface area contributed by atoms with Gasteiger partial charge in [-0.2, -0.15) is 5.26 Å². The largest absolute Gasteiger partial charge is 0.465 e. The number of nitriles is 1. The summed E-state index contributed by atoms with van der Waals surface area (Å²) in [7, 11) is -1.74. The fourth-order valence-electron chi connectivity index (χ4n) is 0.886. The van der Waals surface area contributed by atoms with Gasteiger partial charge in [0.2, 0.25) is 0 Å². The first kappa shape index (κ1) is 12.2. The number of carbonyl (C=O) groups is 1. The van der Waals surface area contributed by atoms with Crippen molar-refractivity contribution in [3.05, 3.63) is 0 Å². The average molecular weight is 199 g/mol. The van der Waals surface area contributed by atoms with Gasteiger partial charge in [-0.3, -0.25) is 4.79 Å². The molecule has 0 rings (SSSR count). The second-order valence-corrected chi connectivity index (χ2v) is 9.41. The number of carbonyl (C=O) groups excluding carboxylic acids is 1. The van der Waals surface area contributed by atoms with Crippen LogP contribution in [0.25, 0.3) is 0 Å². The number of esters is 1. The van der Waals surface area contributed by atoms with Crippen molar-refractivity contribution in [2.24, 2.45) is 0 Å². The molecule has 4 heteroatoms. The quantitative estimate of drug-likeness (QED) is 0.515. The van der Waals surface area contributed by atoms with Crippen LogP contribution in [0.15, 0.2) is 0 Å². The molecule has 0 aromatic carbocycles. The molecule has 0 aromatic rings. The molecule has 0 saturated carbocycles. The van der Waals surface area contributed by atoms with Gasteiger partial charge >= 0.3 is 5.97 Å². The molecule has 0 aromatic heterocycles. The van der Waals surface area contributed by atoms with Crippen LogP contribution in [-0.2, 0) is 9.53 Å².